The summed E-state index contributed by atoms with van der Waals surface area (Å²) in [6, 6.07) is 19.0. The minimum atomic E-state index is -3.75. The van der Waals surface area contributed by atoms with Crippen LogP contribution in [0.5, 0.6) is 0 Å². The van der Waals surface area contributed by atoms with Crippen LogP contribution in [0.15, 0.2) is 82.7 Å². The number of hydrogen-bond acceptors (Lipinski definition) is 5. The first-order chi connectivity index (χ1) is 13.8. The van der Waals surface area contributed by atoms with Crippen LogP contribution in [0, 0.1) is 6.92 Å². The van der Waals surface area contributed by atoms with Crippen LogP contribution < -0.4 is 10.0 Å². The molecule has 0 spiro atoms. The van der Waals surface area contributed by atoms with Gasteiger partial charge >= 0.3 is 0 Å². The highest BCUT2D eigenvalue weighted by Crippen LogP contribution is 2.25. The van der Waals surface area contributed by atoms with Crippen molar-refractivity contribution in [3.8, 4) is 0 Å². The zero-order valence-corrected chi connectivity index (χ0v) is 17.6. The van der Waals surface area contributed by atoms with E-state index in [-0.39, 0.29) is 21.9 Å². The summed E-state index contributed by atoms with van der Waals surface area (Å²) in [5.74, 6) is 0.0876. The third-order valence-corrected chi connectivity index (χ3v) is 6.52. The van der Waals surface area contributed by atoms with Crippen LogP contribution in [0.3, 0.4) is 0 Å². The third kappa shape index (κ3) is 5.82. The van der Waals surface area contributed by atoms with Gasteiger partial charge in [-0.05, 0) is 62.4 Å². The van der Waals surface area contributed by atoms with Crippen molar-refractivity contribution < 1.29 is 13.2 Å². The zero-order valence-electron chi connectivity index (χ0n) is 16.0. The van der Waals surface area contributed by atoms with Crippen LogP contribution in [-0.2, 0) is 14.8 Å². The Balaban J connectivity index is 1.62. The van der Waals surface area contributed by atoms with Gasteiger partial charge in [0, 0.05) is 16.8 Å². The lowest BCUT2D eigenvalue weighted by molar-refractivity contribution is -0.115. The molecule has 8 heteroatoms. The number of benzene rings is 2. The highest BCUT2D eigenvalue weighted by Gasteiger charge is 2.17. The van der Waals surface area contributed by atoms with Gasteiger partial charge in [-0.15, -0.1) is 11.8 Å². The van der Waals surface area contributed by atoms with E-state index >= 15 is 0 Å². The summed E-state index contributed by atoms with van der Waals surface area (Å²) in [5.41, 5.74) is 1.70. The first-order valence-electron chi connectivity index (χ1n) is 8.91. The second kappa shape index (κ2) is 9.11. The van der Waals surface area contributed by atoms with E-state index in [1.807, 2.05) is 38.1 Å². The van der Waals surface area contributed by atoms with Gasteiger partial charge in [-0.25, -0.2) is 13.4 Å². The van der Waals surface area contributed by atoms with E-state index in [1.54, 1.807) is 30.3 Å². The molecule has 1 atom stereocenters. The number of carbonyl (C=O) groups is 1. The predicted molar refractivity (Wildman–Crippen MR) is 117 cm³/mol. The number of anilines is 2. The van der Waals surface area contributed by atoms with Gasteiger partial charge in [0.05, 0.1) is 10.1 Å². The van der Waals surface area contributed by atoms with E-state index in [0.29, 0.717) is 5.69 Å². The van der Waals surface area contributed by atoms with Crippen molar-refractivity contribution >= 4 is 39.2 Å². The molecular weight excluding hydrogens is 406 g/mol. The van der Waals surface area contributed by atoms with Crippen LogP contribution in [0.1, 0.15) is 12.5 Å². The Labute approximate surface area is 174 Å². The Kier molecular flexibility index (Phi) is 6.56. The highest BCUT2D eigenvalue weighted by molar-refractivity contribution is 8.00. The molecule has 3 rings (SSSR count). The summed E-state index contributed by atoms with van der Waals surface area (Å²) >= 11 is 1.46. The normalized spacial score (nSPS) is 12.2. The van der Waals surface area contributed by atoms with Crippen LogP contribution in [0.2, 0.25) is 0 Å². The number of nitrogens with zero attached hydrogens (tertiary/aromatic N) is 1. The lowest BCUT2D eigenvalue weighted by Gasteiger charge is -2.13. The lowest BCUT2D eigenvalue weighted by Crippen LogP contribution is -2.22. The molecule has 0 aliphatic carbocycles. The van der Waals surface area contributed by atoms with Crippen molar-refractivity contribution in [2.75, 3.05) is 10.0 Å². The zero-order chi connectivity index (χ0) is 20.9. The van der Waals surface area contributed by atoms with Crippen LogP contribution in [0.25, 0.3) is 0 Å². The number of hydrogen-bond donors (Lipinski definition) is 2. The van der Waals surface area contributed by atoms with Gasteiger partial charge in [-0.2, -0.15) is 0 Å². The lowest BCUT2D eigenvalue weighted by atomic mass is 10.2. The number of nitrogens with one attached hydrogen (secondary N) is 2. The molecule has 0 saturated heterocycles. The first-order valence-corrected chi connectivity index (χ1v) is 11.3. The van der Waals surface area contributed by atoms with Crippen molar-refractivity contribution in [1.82, 2.24) is 4.98 Å². The molecule has 0 aliphatic heterocycles. The second-order valence-corrected chi connectivity index (χ2v) is 9.50. The average molecular weight is 428 g/mol. The van der Waals surface area contributed by atoms with E-state index in [1.165, 1.54) is 35.7 Å². The molecule has 2 N–H and O–H groups in total. The van der Waals surface area contributed by atoms with E-state index in [4.69, 9.17) is 0 Å². The second-order valence-electron chi connectivity index (χ2n) is 6.41. The summed E-state index contributed by atoms with van der Waals surface area (Å²) in [6.07, 6.45) is 1.51. The molecule has 0 unspecified atom stereocenters. The van der Waals surface area contributed by atoms with Gasteiger partial charge in [-0.3, -0.25) is 9.52 Å². The molecule has 1 amide bonds. The van der Waals surface area contributed by atoms with Gasteiger partial charge < -0.3 is 5.32 Å². The molecule has 3 aromatic rings. The molecule has 0 bridgehead atoms. The molecular formula is C21H21N3O3S2. The SMILES string of the molecule is Cc1ccc(S[C@H](C)C(=O)Nc2ccc(S(=O)(=O)Nc3ccccn3)cc2)cc1. The van der Waals surface area contributed by atoms with Gasteiger partial charge in [0.15, 0.2) is 0 Å². The molecule has 0 aliphatic rings. The number of aryl methyl sites for hydroxylation is 1. The third-order valence-electron chi connectivity index (χ3n) is 4.04. The van der Waals surface area contributed by atoms with Gasteiger partial charge in [-0.1, -0.05) is 23.8 Å². The maximum Gasteiger partial charge on any atom is 0.263 e. The fourth-order valence-electron chi connectivity index (χ4n) is 2.46. The summed E-state index contributed by atoms with van der Waals surface area (Å²) in [7, 11) is -3.75. The van der Waals surface area contributed by atoms with Crippen molar-refractivity contribution in [3.63, 3.8) is 0 Å². The van der Waals surface area contributed by atoms with E-state index in [0.717, 1.165) is 4.90 Å². The topological polar surface area (TPSA) is 88.2 Å². The minimum absolute atomic E-state index is 0.0863. The Morgan fingerprint density at radius 3 is 2.31 bits per heavy atom. The summed E-state index contributed by atoms with van der Waals surface area (Å²) < 4.78 is 27.3. The Morgan fingerprint density at radius 2 is 1.69 bits per heavy atom. The van der Waals surface area contributed by atoms with Gasteiger partial charge in [0.1, 0.15) is 5.82 Å². The van der Waals surface area contributed by atoms with Gasteiger partial charge in [0.2, 0.25) is 5.91 Å². The molecule has 0 saturated carbocycles. The number of aromatic nitrogens is 1. The Bertz CT molecular complexity index is 1070. The molecule has 1 heterocycles. The van der Waals surface area contributed by atoms with E-state index < -0.39 is 10.0 Å². The van der Waals surface area contributed by atoms with Crippen LogP contribution in [0.4, 0.5) is 11.5 Å². The van der Waals surface area contributed by atoms with E-state index in [9.17, 15) is 13.2 Å². The fourth-order valence-corrected chi connectivity index (χ4v) is 4.33. The fraction of sp³-hybridized carbons (Fsp3) is 0.143. The molecule has 150 valence electrons. The quantitative estimate of drug-likeness (QED) is 0.549. The number of amides is 1. The largest absolute Gasteiger partial charge is 0.325 e. The highest BCUT2D eigenvalue weighted by atomic mass is 32.2. The summed E-state index contributed by atoms with van der Waals surface area (Å²) in [6.45, 7) is 3.84. The van der Waals surface area contributed by atoms with E-state index in [2.05, 4.69) is 15.0 Å². The smallest absolute Gasteiger partial charge is 0.263 e. The number of thioether (sulfide) groups is 1. The van der Waals surface area contributed by atoms with Crippen molar-refractivity contribution in [3.05, 3.63) is 78.5 Å². The van der Waals surface area contributed by atoms with Crippen LogP contribution >= 0.6 is 11.8 Å². The van der Waals surface area contributed by atoms with Crippen LogP contribution in [-0.4, -0.2) is 24.6 Å². The Hall–Kier alpha value is -2.84. The molecule has 1 aromatic heterocycles. The van der Waals surface area contributed by atoms with Gasteiger partial charge in [0.25, 0.3) is 10.0 Å². The molecule has 29 heavy (non-hydrogen) atoms. The minimum Gasteiger partial charge on any atom is -0.325 e. The number of carbonyl (C=O) groups excluding carboxylic acids is 1. The standard InChI is InChI=1S/C21H21N3O3S2/c1-15-6-10-18(11-7-15)28-16(2)21(25)23-17-8-12-19(13-9-17)29(26,27)24-20-5-3-4-14-22-20/h3-14,16H,1-2H3,(H,22,24)(H,23,25)/t16-/m1/s1. The Morgan fingerprint density at radius 1 is 1.00 bits per heavy atom. The average Bonchev–Trinajstić information content (AvgIpc) is 2.70. The number of pyridine rings is 1. The van der Waals surface area contributed by atoms with Crippen molar-refractivity contribution in [2.45, 2.75) is 28.9 Å². The van der Waals surface area contributed by atoms with Crippen molar-refractivity contribution in [2.24, 2.45) is 0 Å². The predicted octanol–water partition coefficient (Wildman–Crippen LogP) is 4.31. The first kappa shape index (κ1) is 20.9. The summed E-state index contributed by atoms with van der Waals surface area (Å²) in [4.78, 5) is 17.5. The summed E-state index contributed by atoms with van der Waals surface area (Å²) in [5, 5.41) is 2.52. The monoisotopic (exact) mass is 427 g/mol. The molecule has 2 aromatic carbocycles. The number of rotatable bonds is 7. The maximum atomic E-state index is 12.4. The number of sulfonamides is 1. The molecule has 6 nitrogen and oxygen atoms in total. The molecule has 0 radical (unpaired) electrons. The maximum absolute atomic E-state index is 12.4. The van der Waals surface area contributed by atoms with Crippen molar-refractivity contribution in [1.29, 1.82) is 0 Å². The molecule has 0 fully saturated rings.